The van der Waals surface area contributed by atoms with Crippen LogP contribution in [0.4, 0.5) is 5.69 Å². The van der Waals surface area contributed by atoms with Gasteiger partial charge in [0.15, 0.2) is 0 Å². The molecule has 0 aliphatic heterocycles. The van der Waals surface area contributed by atoms with Gasteiger partial charge < -0.3 is 5.32 Å². The Hall–Kier alpha value is -3.14. The molecule has 1 aromatic heterocycles. The number of benzene rings is 3. The average molecular weight is 467 g/mol. The maximum Gasteiger partial charge on any atom is 0.243 e. The summed E-state index contributed by atoms with van der Waals surface area (Å²) in [6.07, 6.45) is 1.03. The number of rotatable bonds is 8. The number of amides is 1. The molecule has 0 saturated heterocycles. The Labute approximate surface area is 190 Å². The molecule has 4 aromatic rings. The molecule has 3 aromatic carbocycles. The van der Waals surface area contributed by atoms with E-state index in [1.54, 1.807) is 18.2 Å². The number of carbonyl (C=O) groups is 1. The minimum absolute atomic E-state index is 0.00240. The molecule has 1 heterocycles. The first-order valence-corrected chi connectivity index (χ1v) is 12.3. The SMILES string of the molecule is CCc1cccc(NC(=O)C(Cc2ccccc2)NS(=O)(=O)c2cccc3nsnc23)c1. The largest absolute Gasteiger partial charge is 0.325 e. The van der Waals surface area contributed by atoms with E-state index in [9.17, 15) is 13.2 Å². The number of hydrogen-bond donors (Lipinski definition) is 2. The molecule has 0 aliphatic carbocycles. The van der Waals surface area contributed by atoms with Gasteiger partial charge in [-0.15, -0.1) is 0 Å². The molecule has 32 heavy (non-hydrogen) atoms. The van der Waals surface area contributed by atoms with Gasteiger partial charge in [-0.2, -0.15) is 13.5 Å². The number of carbonyl (C=O) groups excluding carboxylic acids is 1. The van der Waals surface area contributed by atoms with Crippen molar-refractivity contribution >= 4 is 44.4 Å². The summed E-state index contributed by atoms with van der Waals surface area (Å²) in [5.41, 5.74) is 3.33. The Morgan fingerprint density at radius 1 is 0.969 bits per heavy atom. The Balaban J connectivity index is 1.64. The first kappa shape index (κ1) is 22.1. The zero-order valence-electron chi connectivity index (χ0n) is 17.4. The van der Waals surface area contributed by atoms with E-state index < -0.39 is 22.0 Å². The van der Waals surface area contributed by atoms with E-state index in [1.807, 2.05) is 55.5 Å². The standard InChI is InChI=1S/C23H22N4O3S2/c1-2-16-10-6-11-18(14-16)24-23(28)20(15-17-8-4-3-5-9-17)27-32(29,30)21-13-7-12-19-22(21)26-31-25-19/h3-14,20,27H,2,15H2,1H3,(H,24,28). The number of sulfonamides is 1. The van der Waals surface area contributed by atoms with Crippen LogP contribution in [0.5, 0.6) is 0 Å². The van der Waals surface area contributed by atoms with Crippen molar-refractivity contribution in [2.75, 3.05) is 5.32 Å². The highest BCUT2D eigenvalue weighted by Crippen LogP contribution is 2.22. The minimum atomic E-state index is -4.03. The van der Waals surface area contributed by atoms with Crippen molar-refractivity contribution in [1.82, 2.24) is 13.5 Å². The fraction of sp³-hybridized carbons (Fsp3) is 0.174. The average Bonchev–Trinajstić information content (AvgIpc) is 3.28. The lowest BCUT2D eigenvalue weighted by atomic mass is 10.1. The van der Waals surface area contributed by atoms with Crippen molar-refractivity contribution in [3.63, 3.8) is 0 Å². The van der Waals surface area contributed by atoms with Gasteiger partial charge in [0.2, 0.25) is 15.9 Å². The number of anilines is 1. The first-order chi connectivity index (χ1) is 15.5. The third kappa shape index (κ3) is 5.01. The van der Waals surface area contributed by atoms with Crippen molar-refractivity contribution in [3.05, 3.63) is 83.9 Å². The lowest BCUT2D eigenvalue weighted by Crippen LogP contribution is -2.45. The summed E-state index contributed by atoms with van der Waals surface area (Å²) in [5, 5.41) is 2.85. The Morgan fingerprint density at radius 3 is 2.50 bits per heavy atom. The van der Waals surface area contributed by atoms with Gasteiger partial charge in [0, 0.05) is 5.69 Å². The highest BCUT2D eigenvalue weighted by molar-refractivity contribution is 7.89. The summed E-state index contributed by atoms with van der Waals surface area (Å²) in [6, 6.07) is 20.6. The van der Waals surface area contributed by atoms with E-state index >= 15 is 0 Å². The predicted octanol–water partition coefficient (Wildman–Crippen LogP) is 3.78. The summed E-state index contributed by atoms with van der Waals surface area (Å²) in [6.45, 7) is 2.03. The summed E-state index contributed by atoms with van der Waals surface area (Å²) in [4.78, 5) is 13.2. The highest BCUT2D eigenvalue weighted by atomic mass is 32.2. The van der Waals surface area contributed by atoms with Gasteiger partial charge in [-0.05, 0) is 48.2 Å². The normalized spacial score (nSPS) is 12.5. The first-order valence-electron chi connectivity index (χ1n) is 10.1. The predicted molar refractivity (Wildman–Crippen MR) is 126 cm³/mol. The molecule has 0 fully saturated rings. The zero-order chi connectivity index (χ0) is 22.6. The third-order valence-corrected chi connectivity index (χ3v) is 7.08. The summed E-state index contributed by atoms with van der Waals surface area (Å²) < 4.78 is 37.3. The Morgan fingerprint density at radius 2 is 1.72 bits per heavy atom. The van der Waals surface area contributed by atoms with Gasteiger partial charge in [0.05, 0.1) is 11.7 Å². The van der Waals surface area contributed by atoms with Gasteiger partial charge >= 0.3 is 0 Å². The van der Waals surface area contributed by atoms with Crippen molar-refractivity contribution < 1.29 is 13.2 Å². The molecule has 0 aliphatic rings. The van der Waals surface area contributed by atoms with Gasteiger partial charge in [0.25, 0.3) is 0 Å². The molecule has 7 nitrogen and oxygen atoms in total. The molecule has 164 valence electrons. The number of fused-ring (bicyclic) bond motifs is 1. The second kappa shape index (κ2) is 9.56. The van der Waals surface area contributed by atoms with E-state index in [-0.39, 0.29) is 11.3 Å². The van der Waals surface area contributed by atoms with Gasteiger partial charge in [0.1, 0.15) is 22.0 Å². The highest BCUT2D eigenvalue weighted by Gasteiger charge is 2.28. The smallest absolute Gasteiger partial charge is 0.243 e. The molecule has 1 amide bonds. The van der Waals surface area contributed by atoms with Crippen molar-refractivity contribution in [2.24, 2.45) is 0 Å². The maximum atomic E-state index is 13.2. The van der Waals surface area contributed by atoms with E-state index in [0.717, 1.165) is 29.3 Å². The molecule has 1 unspecified atom stereocenters. The summed E-state index contributed by atoms with van der Waals surface area (Å²) >= 11 is 0.945. The number of aryl methyl sites for hydroxylation is 1. The van der Waals surface area contributed by atoms with Crippen LogP contribution in [-0.2, 0) is 27.7 Å². The van der Waals surface area contributed by atoms with Crippen LogP contribution in [-0.4, -0.2) is 29.1 Å². The minimum Gasteiger partial charge on any atom is -0.325 e. The van der Waals surface area contributed by atoms with Gasteiger partial charge in [-0.25, -0.2) is 8.42 Å². The Bertz CT molecular complexity index is 1340. The number of aromatic nitrogens is 2. The molecule has 0 radical (unpaired) electrons. The zero-order valence-corrected chi connectivity index (χ0v) is 19.0. The second-order valence-corrected chi connectivity index (χ2v) is 9.51. The third-order valence-electron chi connectivity index (χ3n) is 5.04. The van der Waals surface area contributed by atoms with Crippen LogP contribution < -0.4 is 10.0 Å². The van der Waals surface area contributed by atoms with Crippen molar-refractivity contribution in [2.45, 2.75) is 30.7 Å². The van der Waals surface area contributed by atoms with Crippen LogP contribution in [0.25, 0.3) is 11.0 Å². The number of hydrogen-bond acceptors (Lipinski definition) is 6. The van der Waals surface area contributed by atoms with Crippen LogP contribution in [0, 0.1) is 0 Å². The molecule has 0 saturated carbocycles. The van der Waals surface area contributed by atoms with E-state index in [4.69, 9.17) is 0 Å². The molecule has 0 bridgehead atoms. The molecule has 1 atom stereocenters. The van der Waals surface area contributed by atoms with Crippen LogP contribution in [0.1, 0.15) is 18.1 Å². The lowest BCUT2D eigenvalue weighted by Gasteiger charge is -2.19. The summed E-state index contributed by atoms with van der Waals surface area (Å²) in [5.74, 6) is -0.436. The van der Waals surface area contributed by atoms with Gasteiger partial charge in [-0.1, -0.05) is 55.5 Å². The molecule has 2 N–H and O–H groups in total. The Kier molecular flexibility index (Phi) is 6.59. The van der Waals surface area contributed by atoms with E-state index in [2.05, 4.69) is 18.8 Å². The molecular weight excluding hydrogens is 444 g/mol. The van der Waals surface area contributed by atoms with Crippen LogP contribution in [0.2, 0.25) is 0 Å². The van der Waals surface area contributed by atoms with Gasteiger partial charge in [-0.3, -0.25) is 4.79 Å². The van der Waals surface area contributed by atoms with E-state index in [1.165, 1.54) is 6.07 Å². The molecule has 0 spiro atoms. The number of nitrogens with zero attached hydrogens (tertiary/aromatic N) is 2. The van der Waals surface area contributed by atoms with Crippen LogP contribution >= 0.6 is 11.7 Å². The fourth-order valence-electron chi connectivity index (χ4n) is 3.39. The topological polar surface area (TPSA) is 101 Å². The van der Waals surface area contributed by atoms with E-state index in [0.29, 0.717) is 16.7 Å². The maximum absolute atomic E-state index is 13.2. The monoisotopic (exact) mass is 466 g/mol. The quantitative estimate of drug-likeness (QED) is 0.412. The number of nitrogens with one attached hydrogen (secondary N) is 2. The summed E-state index contributed by atoms with van der Waals surface area (Å²) in [7, 11) is -4.03. The van der Waals surface area contributed by atoms with Crippen molar-refractivity contribution in [3.8, 4) is 0 Å². The second-order valence-electron chi connectivity index (χ2n) is 7.29. The fourth-order valence-corrected chi connectivity index (χ4v) is 5.35. The molecular formula is C23H22N4O3S2. The van der Waals surface area contributed by atoms with Crippen LogP contribution in [0.15, 0.2) is 77.7 Å². The van der Waals surface area contributed by atoms with Crippen LogP contribution in [0.3, 0.4) is 0 Å². The molecule has 9 heteroatoms. The van der Waals surface area contributed by atoms with Crippen molar-refractivity contribution in [1.29, 1.82) is 0 Å². The molecule has 4 rings (SSSR count). The lowest BCUT2D eigenvalue weighted by molar-refractivity contribution is -0.117.